The summed E-state index contributed by atoms with van der Waals surface area (Å²) in [6.45, 7) is 6.06. The minimum atomic E-state index is -0.851. The van der Waals surface area contributed by atoms with E-state index < -0.39 is 11.4 Å². The van der Waals surface area contributed by atoms with Gasteiger partial charge in [0.2, 0.25) is 0 Å². The molecule has 0 N–H and O–H groups in total. The maximum absolute atomic E-state index is 12.2. The Balaban J connectivity index is 1.98. The summed E-state index contributed by atoms with van der Waals surface area (Å²) in [5.41, 5.74) is 0.174. The van der Waals surface area contributed by atoms with Gasteiger partial charge < -0.3 is 18.9 Å². The Morgan fingerprint density at radius 1 is 1.35 bits per heavy atom. The SMILES string of the molecule is C=C1[C@H]2O[C@]2(C(=O)OC)[C@H]2[C@H](C(C)(OC)OC)CC[C@@H]12. The van der Waals surface area contributed by atoms with E-state index in [-0.39, 0.29) is 23.9 Å². The van der Waals surface area contributed by atoms with Crippen molar-refractivity contribution in [1.82, 2.24) is 0 Å². The summed E-state index contributed by atoms with van der Waals surface area (Å²) in [5, 5.41) is 0. The van der Waals surface area contributed by atoms with E-state index in [1.54, 1.807) is 14.2 Å². The lowest BCUT2D eigenvalue weighted by Gasteiger charge is -2.38. The van der Waals surface area contributed by atoms with E-state index in [1.807, 2.05) is 6.92 Å². The molecule has 1 heterocycles. The van der Waals surface area contributed by atoms with Crippen LogP contribution < -0.4 is 0 Å². The molecule has 0 bridgehead atoms. The number of fused-ring (bicyclic) bond motifs is 3. The minimum absolute atomic E-state index is 0.0253. The molecule has 3 fully saturated rings. The number of methoxy groups -OCH3 is 3. The van der Waals surface area contributed by atoms with Gasteiger partial charge in [-0.2, -0.15) is 0 Å². The minimum Gasteiger partial charge on any atom is -0.467 e. The van der Waals surface area contributed by atoms with Crippen LogP contribution in [0.4, 0.5) is 0 Å². The van der Waals surface area contributed by atoms with Crippen LogP contribution in [0.15, 0.2) is 12.2 Å². The van der Waals surface area contributed by atoms with E-state index in [9.17, 15) is 4.79 Å². The Morgan fingerprint density at radius 2 is 2.00 bits per heavy atom. The Kier molecular flexibility index (Phi) is 3.01. The quantitative estimate of drug-likeness (QED) is 0.339. The maximum atomic E-state index is 12.2. The molecule has 0 unspecified atom stereocenters. The first kappa shape index (κ1) is 14.0. The molecule has 0 aromatic carbocycles. The number of carbonyl (C=O) groups excluding carboxylic acids is 1. The topological polar surface area (TPSA) is 57.3 Å². The molecular weight excluding hydrogens is 260 g/mol. The van der Waals surface area contributed by atoms with Gasteiger partial charge in [-0.05, 0) is 31.3 Å². The van der Waals surface area contributed by atoms with Crippen LogP contribution in [-0.2, 0) is 23.7 Å². The average molecular weight is 282 g/mol. The summed E-state index contributed by atoms with van der Waals surface area (Å²) < 4.78 is 21.9. The van der Waals surface area contributed by atoms with E-state index in [0.29, 0.717) is 5.92 Å². The van der Waals surface area contributed by atoms with Crippen molar-refractivity contribution in [2.45, 2.75) is 37.3 Å². The molecule has 1 saturated heterocycles. The smallest absolute Gasteiger partial charge is 0.341 e. The van der Waals surface area contributed by atoms with Crippen molar-refractivity contribution < 1.29 is 23.7 Å². The molecule has 3 rings (SSSR count). The predicted octanol–water partition coefficient (Wildman–Crippen LogP) is 1.52. The normalized spacial score (nSPS) is 42.3. The summed E-state index contributed by atoms with van der Waals surface area (Å²) in [7, 11) is 4.68. The van der Waals surface area contributed by atoms with Crippen LogP contribution >= 0.6 is 0 Å². The Labute approximate surface area is 119 Å². The van der Waals surface area contributed by atoms with E-state index in [2.05, 4.69) is 6.58 Å². The molecule has 0 aromatic rings. The average Bonchev–Trinajstić information content (AvgIpc) is 2.97. The van der Waals surface area contributed by atoms with Crippen LogP contribution in [0.3, 0.4) is 0 Å². The molecule has 112 valence electrons. The molecule has 0 radical (unpaired) electrons. The van der Waals surface area contributed by atoms with Crippen molar-refractivity contribution in [3.63, 3.8) is 0 Å². The maximum Gasteiger partial charge on any atom is 0.341 e. The summed E-state index contributed by atoms with van der Waals surface area (Å²) in [6, 6.07) is 0. The van der Waals surface area contributed by atoms with Crippen molar-refractivity contribution in [1.29, 1.82) is 0 Å². The number of hydrogen-bond acceptors (Lipinski definition) is 5. The van der Waals surface area contributed by atoms with E-state index >= 15 is 0 Å². The fourth-order valence-corrected chi connectivity index (χ4v) is 4.40. The number of esters is 1. The predicted molar refractivity (Wildman–Crippen MR) is 70.9 cm³/mol. The third-order valence-electron chi connectivity index (χ3n) is 5.60. The van der Waals surface area contributed by atoms with Gasteiger partial charge in [-0.25, -0.2) is 4.79 Å². The molecule has 2 aliphatic carbocycles. The Hall–Kier alpha value is -0.910. The standard InChI is InChI=1S/C15H22O5/c1-8-9-6-7-10(14(2,18-4)19-5)11(9)15(12(8)20-15)13(16)17-3/h9-12H,1,6-7H2,2-5H3/t9-,10+,11+,12+,15+/m0/s1. The molecule has 0 aromatic heterocycles. The second kappa shape index (κ2) is 4.29. The van der Waals surface area contributed by atoms with E-state index in [1.165, 1.54) is 7.11 Å². The molecule has 5 heteroatoms. The van der Waals surface area contributed by atoms with Gasteiger partial charge in [0.25, 0.3) is 0 Å². The zero-order valence-corrected chi connectivity index (χ0v) is 12.5. The molecule has 20 heavy (non-hydrogen) atoms. The van der Waals surface area contributed by atoms with Crippen LogP contribution in [0.2, 0.25) is 0 Å². The zero-order valence-electron chi connectivity index (χ0n) is 12.5. The van der Waals surface area contributed by atoms with Gasteiger partial charge in [0.15, 0.2) is 11.4 Å². The first-order valence-electron chi connectivity index (χ1n) is 7.01. The van der Waals surface area contributed by atoms with Crippen molar-refractivity contribution in [3.8, 4) is 0 Å². The van der Waals surface area contributed by atoms with Crippen molar-refractivity contribution in [2.24, 2.45) is 17.8 Å². The van der Waals surface area contributed by atoms with Gasteiger partial charge in [-0.3, -0.25) is 0 Å². The largest absolute Gasteiger partial charge is 0.467 e. The molecular formula is C15H22O5. The molecule has 2 saturated carbocycles. The zero-order chi connectivity index (χ0) is 14.7. The first-order chi connectivity index (χ1) is 9.46. The van der Waals surface area contributed by atoms with Gasteiger partial charge in [0, 0.05) is 26.1 Å². The highest BCUT2D eigenvalue weighted by molar-refractivity contribution is 5.86. The highest BCUT2D eigenvalue weighted by atomic mass is 16.7. The van der Waals surface area contributed by atoms with Crippen molar-refractivity contribution in [3.05, 3.63) is 12.2 Å². The molecule has 5 atom stereocenters. The van der Waals surface area contributed by atoms with E-state index in [4.69, 9.17) is 18.9 Å². The third-order valence-corrected chi connectivity index (χ3v) is 5.60. The lowest BCUT2D eigenvalue weighted by molar-refractivity contribution is -0.238. The van der Waals surface area contributed by atoms with Crippen LogP contribution in [0.5, 0.6) is 0 Å². The van der Waals surface area contributed by atoms with Crippen LogP contribution in [-0.4, -0.2) is 44.8 Å². The van der Waals surface area contributed by atoms with Gasteiger partial charge in [-0.1, -0.05) is 6.58 Å². The number of epoxide rings is 1. The second-order valence-electron chi connectivity index (χ2n) is 6.10. The van der Waals surface area contributed by atoms with Gasteiger partial charge >= 0.3 is 5.97 Å². The molecule has 1 aliphatic heterocycles. The summed E-state index contributed by atoms with van der Waals surface area (Å²) in [4.78, 5) is 12.2. The molecule has 5 nitrogen and oxygen atoms in total. The van der Waals surface area contributed by atoms with Gasteiger partial charge in [0.05, 0.1) is 7.11 Å². The summed E-state index contributed by atoms with van der Waals surface area (Å²) in [5.74, 6) is -0.607. The number of hydrogen-bond donors (Lipinski definition) is 0. The highest BCUT2D eigenvalue weighted by Gasteiger charge is 2.79. The van der Waals surface area contributed by atoms with Gasteiger partial charge in [0.1, 0.15) is 6.10 Å². The van der Waals surface area contributed by atoms with Crippen LogP contribution in [0.1, 0.15) is 19.8 Å². The monoisotopic (exact) mass is 282 g/mol. The number of ether oxygens (including phenoxy) is 4. The van der Waals surface area contributed by atoms with Crippen molar-refractivity contribution in [2.75, 3.05) is 21.3 Å². The fraction of sp³-hybridized carbons (Fsp3) is 0.800. The fourth-order valence-electron chi connectivity index (χ4n) is 4.40. The summed E-state index contributed by atoms with van der Waals surface area (Å²) in [6.07, 6.45) is 1.74. The second-order valence-corrected chi connectivity index (χ2v) is 6.10. The first-order valence-corrected chi connectivity index (χ1v) is 7.01. The third kappa shape index (κ3) is 1.46. The number of carbonyl (C=O) groups is 1. The molecule has 0 amide bonds. The lowest BCUT2D eigenvalue weighted by atomic mass is 9.79. The van der Waals surface area contributed by atoms with Crippen LogP contribution in [0.25, 0.3) is 0 Å². The number of rotatable bonds is 4. The lowest BCUT2D eigenvalue weighted by Crippen LogP contribution is -2.47. The van der Waals surface area contributed by atoms with E-state index in [0.717, 1.165) is 18.4 Å². The molecule has 3 aliphatic rings. The summed E-state index contributed by atoms with van der Waals surface area (Å²) >= 11 is 0. The van der Waals surface area contributed by atoms with Crippen molar-refractivity contribution >= 4 is 5.97 Å². The van der Waals surface area contributed by atoms with Crippen LogP contribution in [0, 0.1) is 17.8 Å². The van der Waals surface area contributed by atoms with Gasteiger partial charge in [-0.15, -0.1) is 0 Å². The molecule has 0 spiro atoms. The Bertz CT molecular complexity index is 455. The highest BCUT2D eigenvalue weighted by Crippen LogP contribution is 2.67. The Morgan fingerprint density at radius 3 is 2.55 bits per heavy atom.